The molecule has 1 aliphatic rings. The summed E-state index contributed by atoms with van der Waals surface area (Å²) >= 11 is 6.09. The minimum atomic E-state index is -0.211. The molecule has 1 heterocycles. The molecule has 0 radical (unpaired) electrons. The van der Waals surface area contributed by atoms with Gasteiger partial charge in [-0.05, 0) is 18.6 Å². The molecule has 1 aliphatic heterocycles. The van der Waals surface area contributed by atoms with E-state index in [1.807, 2.05) is 43.3 Å². The molecule has 13 heavy (non-hydrogen) atoms. The lowest BCUT2D eigenvalue weighted by atomic mass is 10.1. The lowest BCUT2D eigenvalue weighted by Crippen LogP contribution is -2.03. The molecule has 68 valence electrons. The van der Waals surface area contributed by atoms with E-state index in [2.05, 4.69) is 0 Å². The van der Waals surface area contributed by atoms with Crippen molar-refractivity contribution in [2.24, 2.45) is 0 Å². The molecule has 1 aromatic carbocycles. The molecule has 0 amide bonds. The highest BCUT2D eigenvalue weighted by Crippen LogP contribution is 2.37. The lowest BCUT2D eigenvalue weighted by molar-refractivity contribution is 0.366. The van der Waals surface area contributed by atoms with Gasteiger partial charge in [0.25, 0.3) is 0 Å². The summed E-state index contributed by atoms with van der Waals surface area (Å²) in [7, 11) is 0. The van der Waals surface area contributed by atoms with Crippen molar-refractivity contribution in [3.63, 3.8) is 0 Å². The van der Waals surface area contributed by atoms with Gasteiger partial charge in [-0.15, -0.1) is 0 Å². The van der Waals surface area contributed by atoms with Crippen LogP contribution in [0.2, 0.25) is 0 Å². The summed E-state index contributed by atoms with van der Waals surface area (Å²) in [4.78, 5) is 0. The topological polar surface area (TPSA) is 12.5 Å². The average Bonchev–Trinajstić information content (AvgIpc) is 2.87. The Morgan fingerprint density at radius 3 is 2.62 bits per heavy atom. The van der Waals surface area contributed by atoms with Crippen LogP contribution in [0.5, 0.6) is 0 Å². The molecule has 0 bridgehead atoms. The number of hydrogen-bond acceptors (Lipinski definition) is 1. The zero-order valence-electron chi connectivity index (χ0n) is 7.46. The van der Waals surface area contributed by atoms with Crippen LogP contribution in [0.4, 0.5) is 0 Å². The minimum absolute atomic E-state index is 0.211. The van der Waals surface area contributed by atoms with Gasteiger partial charge in [0.15, 0.2) is 0 Å². The maximum Gasteiger partial charge on any atom is 0.124 e. The largest absolute Gasteiger partial charge is 0.364 e. The van der Waals surface area contributed by atoms with Crippen molar-refractivity contribution in [1.29, 1.82) is 0 Å². The summed E-state index contributed by atoms with van der Waals surface area (Å²) in [5, 5.41) is 0.777. The first-order chi connectivity index (χ1) is 6.21. The molecule has 1 nitrogen and oxygen atoms in total. The highest BCUT2D eigenvalue weighted by atomic mass is 35.5. The number of hydrogen-bond donors (Lipinski definition) is 0. The zero-order chi connectivity index (χ0) is 9.31. The van der Waals surface area contributed by atoms with Crippen molar-refractivity contribution < 1.29 is 4.74 Å². The van der Waals surface area contributed by atoms with E-state index >= 15 is 0 Å². The van der Waals surface area contributed by atoms with E-state index in [1.54, 1.807) is 0 Å². The van der Waals surface area contributed by atoms with Crippen molar-refractivity contribution in [3.05, 3.63) is 40.9 Å². The van der Waals surface area contributed by atoms with Gasteiger partial charge in [-0.2, -0.15) is 0 Å². The van der Waals surface area contributed by atoms with Gasteiger partial charge in [0.2, 0.25) is 0 Å². The van der Waals surface area contributed by atoms with Crippen LogP contribution >= 0.6 is 11.6 Å². The lowest BCUT2D eigenvalue weighted by Gasteiger charge is -2.02. The van der Waals surface area contributed by atoms with Gasteiger partial charge in [-0.1, -0.05) is 41.9 Å². The summed E-state index contributed by atoms with van der Waals surface area (Å²) in [6, 6.07) is 10.0. The summed E-state index contributed by atoms with van der Waals surface area (Å²) < 4.78 is 5.23. The second kappa shape index (κ2) is 3.17. The normalized spacial score (nSPS) is 27.4. The van der Waals surface area contributed by atoms with Gasteiger partial charge in [-0.3, -0.25) is 0 Å². The molecular weight excluding hydrogens is 184 g/mol. The summed E-state index contributed by atoms with van der Waals surface area (Å²) in [6.45, 7) is 2.73. The Labute approximate surface area is 83.0 Å². The SMILES string of the molecule is CC1(/C(Cl)=C/c2ccccc2)CO1. The summed E-state index contributed by atoms with van der Waals surface area (Å²) in [5.41, 5.74) is 0.904. The highest BCUT2D eigenvalue weighted by Gasteiger charge is 2.42. The Morgan fingerprint density at radius 1 is 1.46 bits per heavy atom. The first-order valence-electron chi connectivity index (χ1n) is 4.27. The third kappa shape index (κ3) is 1.93. The molecule has 1 fully saturated rings. The molecule has 1 atom stereocenters. The maximum atomic E-state index is 6.09. The van der Waals surface area contributed by atoms with Gasteiger partial charge in [0, 0.05) is 0 Å². The zero-order valence-corrected chi connectivity index (χ0v) is 8.21. The fourth-order valence-corrected chi connectivity index (χ4v) is 1.33. The molecule has 0 aromatic heterocycles. The number of epoxide rings is 1. The van der Waals surface area contributed by atoms with Gasteiger partial charge in [0.1, 0.15) is 5.60 Å². The minimum Gasteiger partial charge on any atom is -0.364 e. The fourth-order valence-electron chi connectivity index (χ4n) is 1.09. The smallest absolute Gasteiger partial charge is 0.124 e. The molecule has 1 unspecified atom stereocenters. The van der Waals surface area contributed by atoms with Crippen LogP contribution in [0.15, 0.2) is 35.4 Å². The first kappa shape index (κ1) is 8.79. The third-order valence-electron chi connectivity index (χ3n) is 2.18. The van der Waals surface area contributed by atoms with Crippen LogP contribution < -0.4 is 0 Å². The molecule has 0 spiro atoms. The Balaban J connectivity index is 2.21. The quantitative estimate of drug-likeness (QED) is 0.660. The van der Waals surface area contributed by atoms with E-state index < -0.39 is 0 Å². The molecular formula is C11H11ClO. The molecule has 1 aromatic rings. The van der Waals surface area contributed by atoms with Gasteiger partial charge in [0.05, 0.1) is 11.6 Å². The molecule has 1 saturated heterocycles. The van der Waals surface area contributed by atoms with E-state index in [0.29, 0.717) is 0 Å². The number of ether oxygens (including phenoxy) is 1. The molecule has 2 rings (SSSR count). The van der Waals surface area contributed by atoms with Crippen LogP contribution in [0.1, 0.15) is 12.5 Å². The van der Waals surface area contributed by atoms with Gasteiger partial charge < -0.3 is 4.74 Å². The molecule has 0 aliphatic carbocycles. The van der Waals surface area contributed by atoms with Crippen molar-refractivity contribution in [2.75, 3.05) is 6.61 Å². The Morgan fingerprint density at radius 2 is 2.08 bits per heavy atom. The predicted molar refractivity (Wildman–Crippen MR) is 54.6 cm³/mol. The van der Waals surface area contributed by atoms with E-state index in [4.69, 9.17) is 16.3 Å². The summed E-state index contributed by atoms with van der Waals surface area (Å²) in [6.07, 6.45) is 1.95. The average molecular weight is 195 g/mol. The Bertz CT molecular complexity index is 325. The van der Waals surface area contributed by atoms with Crippen LogP contribution in [0, 0.1) is 0 Å². The van der Waals surface area contributed by atoms with E-state index in [0.717, 1.165) is 17.2 Å². The number of benzene rings is 1. The van der Waals surface area contributed by atoms with Crippen molar-refractivity contribution in [1.82, 2.24) is 0 Å². The second-order valence-corrected chi connectivity index (χ2v) is 3.83. The number of halogens is 1. The van der Waals surface area contributed by atoms with Crippen LogP contribution in [-0.2, 0) is 4.74 Å². The monoisotopic (exact) mass is 194 g/mol. The number of rotatable bonds is 2. The van der Waals surface area contributed by atoms with E-state index in [9.17, 15) is 0 Å². The second-order valence-electron chi connectivity index (χ2n) is 3.42. The van der Waals surface area contributed by atoms with Crippen molar-refractivity contribution in [2.45, 2.75) is 12.5 Å². The third-order valence-corrected chi connectivity index (χ3v) is 2.68. The van der Waals surface area contributed by atoms with Gasteiger partial charge in [-0.25, -0.2) is 0 Å². The summed E-state index contributed by atoms with van der Waals surface area (Å²) in [5.74, 6) is 0. The van der Waals surface area contributed by atoms with Crippen LogP contribution in [0.25, 0.3) is 6.08 Å². The Kier molecular flexibility index (Phi) is 2.14. The Hall–Kier alpha value is -0.790. The van der Waals surface area contributed by atoms with Crippen molar-refractivity contribution >= 4 is 17.7 Å². The van der Waals surface area contributed by atoms with Crippen LogP contribution in [0.3, 0.4) is 0 Å². The molecule has 0 N–H and O–H groups in total. The van der Waals surface area contributed by atoms with E-state index in [-0.39, 0.29) is 5.60 Å². The highest BCUT2D eigenvalue weighted by molar-refractivity contribution is 6.32. The van der Waals surface area contributed by atoms with E-state index in [1.165, 1.54) is 0 Å². The molecule has 2 heteroatoms. The molecule has 0 saturated carbocycles. The standard InChI is InChI=1S/C11H11ClO/c1-11(8-13-11)10(12)7-9-5-3-2-4-6-9/h2-7H,8H2,1H3/b10-7-. The van der Waals surface area contributed by atoms with Crippen LogP contribution in [-0.4, -0.2) is 12.2 Å². The fraction of sp³-hybridized carbons (Fsp3) is 0.273. The van der Waals surface area contributed by atoms with Gasteiger partial charge >= 0.3 is 0 Å². The maximum absolute atomic E-state index is 6.09. The first-order valence-corrected chi connectivity index (χ1v) is 4.65. The predicted octanol–water partition coefficient (Wildman–Crippen LogP) is 3.06. The van der Waals surface area contributed by atoms with Crippen molar-refractivity contribution in [3.8, 4) is 0 Å².